The summed E-state index contributed by atoms with van der Waals surface area (Å²) in [5.74, 6) is -0.256. The molecule has 0 bridgehead atoms. The molecule has 98 valence electrons. The van der Waals surface area contributed by atoms with E-state index in [2.05, 4.69) is 0 Å². The number of carbonyl (C=O) groups excluding carboxylic acids is 2. The van der Waals surface area contributed by atoms with E-state index in [-0.39, 0.29) is 18.4 Å². The van der Waals surface area contributed by atoms with E-state index in [9.17, 15) is 9.59 Å². The molecule has 0 spiro atoms. The number of hydrogen-bond acceptors (Lipinski definition) is 3. The van der Waals surface area contributed by atoms with E-state index in [1.807, 2.05) is 6.92 Å². The molecule has 0 aliphatic heterocycles. The highest BCUT2D eigenvalue weighted by Gasteiger charge is 2.17. The molecule has 0 saturated heterocycles. The van der Waals surface area contributed by atoms with E-state index in [1.165, 1.54) is 9.80 Å². The SMILES string of the molecule is CCN(CC(=O)N(C)C)C(=O)c1ccc(N)cc1. The molecular formula is C13H19N3O2. The Bertz CT molecular complexity index is 426. The van der Waals surface area contributed by atoms with Gasteiger partial charge in [0.2, 0.25) is 5.91 Å². The van der Waals surface area contributed by atoms with E-state index in [4.69, 9.17) is 5.73 Å². The number of likely N-dealkylation sites (N-methyl/N-ethyl adjacent to an activating group) is 2. The summed E-state index contributed by atoms with van der Waals surface area (Å²) in [5.41, 5.74) is 6.72. The largest absolute Gasteiger partial charge is 0.399 e. The van der Waals surface area contributed by atoms with Crippen LogP contribution in [0.3, 0.4) is 0 Å². The van der Waals surface area contributed by atoms with E-state index >= 15 is 0 Å². The fraction of sp³-hybridized carbons (Fsp3) is 0.385. The van der Waals surface area contributed by atoms with Crippen LogP contribution in [0.4, 0.5) is 5.69 Å². The molecule has 1 rings (SSSR count). The number of benzene rings is 1. The highest BCUT2D eigenvalue weighted by atomic mass is 16.2. The average Bonchev–Trinajstić information content (AvgIpc) is 2.35. The zero-order valence-corrected chi connectivity index (χ0v) is 11.0. The lowest BCUT2D eigenvalue weighted by Crippen LogP contribution is -2.40. The average molecular weight is 249 g/mol. The maximum atomic E-state index is 12.2. The van der Waals surface area contributed by atoms with Gasteiger partial charge in [0.1, 0.15) is 0 Å². The Balaban J connectivity index is 2.79. The fourth-order valence-corrected chi connectivity index (χ4v) is 1.44. The van der Waals surface area contributed by atoms with E-state index < -0.39 is 0 Å². The molecular weight excluding hydrogens is 230 g/mol. The van der Waals surface area contributed by atoms with Gasteiger partial charge in [0, 0.05) is 31.9 Å². The van der Waals surface area contributed by atoms with Crippen LogP contribution in [-0.4, -0.2) is 48.8 Å². The molecule has 0 aromatic heterocycles. The third kappa shape index (κ3) is 3.48. The molecule has 2 amide bonds. The molecule has 1 aromatic carbocycles. The van der Waals surface area contributed by atoms with Crippen molar-refractivity contribution in [1.29, 1.82) is 0 Å². The van der Waals surface area contributed by atoms with Gasteiger partial charge in [0.25, 0.3) is 5.91 Å². The van der Waals surface area contributed by atoms with Crippen LogP contribution in [0.2, 0.25) is 0 Å². The first-order valence-electron chi connectivity index (χ1n) is 5.80. The highest BCUT2D eigenvalue weighted by Crippen LogP contribution is 2.08. The molecule has 0 radical (unpaired) electrons. The summed E-state index contributed by atoms with van der Waals surface area (Å²) in [6.45, 7) is 2.42. The molecule has 18 heavy (non-hydrogen) atoms. The number of anilines is 1. The van der Waals surface area contributed by atoms with Gasteiger partial charge < -0.3 is 15.5 Å². The van der Waals surface area contributed by atoms with Crippen LogP contribution in [-0.2, 0) is 4.79 Å². The molecule has 0 aliphatic carbocycles. The van der Waals surface area contributed by atoms with Crippen molar-refractivity contribution in [2.24, 2.45) is 0 Å². The summed E-state index contributed by atoms with van der Waals surface area (Å²) in [6, 6.07) is 6.69. The van der Waals surface area contributed by atoms with Gasteiger partial charge in [-0.25, -0.2) is 0 Å². The minimum atomic E-state index is -0.160. The summed E-state index contributed by atoms with van der Waals surface area (Å²) in [4.78, 5) is 26.8. The maximum Gasteiger partial charge on any atom is 0.254 e. The second-order valence-electron chi connectivity index (χ2n) is 4.23. The zero-order valence-electron chi connectivity index (χ0n) is 11.0. The van der Waals surface area contributed by atoms with Crippen LogP contribution in [0.5, 0.6) is 0 Å². The van der Waals surface area contributed by atoms with Crippen molar-refractivity contribution in [2.75, 3.05) is 32.9 Å². The number of nitrogens with two attached hydrogens (primary N) is 1. The van der Waals surface area contributed by atoms with Gasteiger partial charge >= 0.3 is 0 Å². The Morgan fingerprint density at radius 3 is 2.17 bits per heavy atom. The number of carbonyl (C=O) groups is 2. The second kappa shape index (κ2) is 6.05. The first kappa shape index (κ1) is 14.0. The van der Waals surface area contributed by atoms with Gasteiger partial charge in [0.05, 0.1) is 6.54 Å². The summed E-state index contributed by atoms with van der Waals surface area (Å²) in [7, 11) is 3.34. The van der Waals surface area contributed by atoms with Crippen LogP contribution in [0.25, 0.3) is 0 Å². The van der Waals surface area contributed by atoms with Crippen LogP contribution in [0.15, 0.2) is 24.3 Å². The minimum Gasteiger partial charge on any atom is -0.399 e. The van der Waals surface area contributed by atoms with Crippen molar-refractivity contribution in [3.63, 3.8) is 0 Å². The molecule has 0 atom stereocenters. The Labute approximate surface area is 107 Å². The smallest absolute Gasteiger partial charge is 0.254 e. The quantitative estimate of drug-likeness (QED) is 0.803. The number of rotatable bonds is 4. The lowest BCUT2D eigenvalue weighted by molar-refractivity contribution is -0.129. The Morgan fingerprint density at radius 1 is 1.17 bits per heavy atom. The van der Waals surface area contributed by atoms with Crippen molar-refractivity contribution >= 4 is 17.5 Å². The Kier molecular flexibility index (Phi) is 4.71. The van der Waals surface area contributed by atoms with Crippen molar-refractivity contribution in [2.45, 2.75) is 6.92 Å². The molecule has 0 heterocycles. The fourth-order valence-electron chi connectivity index (χ4n) is 1.44. The van der Waals surface area contributed by atoms with Crippen LogP contribution in [0, 0.1) is 0 Å². The molecule has 5 nitrogen and oxygen atoms in total. The van der Waals surface area contributed by atoms with Crippen LogP contribution >= 0.6 is 0 Å². The summed E-state index contributed by atoms with van der Waals surface area (Å²) in [6.07, 6.45) is 0. The summed E-state index contributed by atoms with van der Waals surface area (Å²) >= 11 is 0. The van der Waals surface area contributed by atoms with Gasteiger partial charge in [-0.2, -0.15) is 0 Å². The first-order valence-corrected chi connectivity index (χ1v) is 5.80. The van der Waals surface area contributed by atoms with Crippen LogP contribution < -0.4 is 5.73 Å². The van der Waals surface area contributed by atoms with E-state index in [1.54, 1.807) is 38.4 Å². The lowest BCUT2D eigenvalue weighted by atomic mass is 10.2. The topological polar surface area (TPSA) is 66.6 Å². The third-order valence-corrected chi connectivity index (χ3v) is 2.65. The second-order valence-corrected chi connectivity index (χ2v) is 4.23. The van der Waals surface area contributed by atoms with Crippen molar-refractivity contribution in [3.05, 3.63) is 29.8 Å². The van der Waals surface area contributed by atoms with Gasteiger partial charge in [-0.05, 0) is 31.2 Å². The number of hydrogen-bond donors (Lipinski definition) is 1. The number of nitrogen functional groups attached to an aromatic ring is 1. The summed E-state index contributed by atoms with van der Waals surface area (Å²) in [5, 5.41) is 0. The Hall–Kier alpha value is -2.04. The van der Waals surface area contributed by atoms with Gasteiger partial charge in [-0.15, -0.1) is 0 Å². The molecule has 0 unspecified atom stereocenters. The normalized spacial score (nSPS) is 9.94. The zero-order chi connectivity index (χ0) is 13.7. The van der Waals surface area contributed by atoms with Crippen LogP contribution in [0.1, 0.15) is 17.3 Å². The van der Waals surface area contributed by atoms with Crippen molar-refractivity contribution < 1.29 is 9.59 Å². The number of nitrogens with zero attached hydrogens (tertiary/aromatic N) is 2. The van der Waals surface area contributed by atoms with E-state index in [0.717, 1.165) is 0 Å². The molecule has 5 heteroatoms. The third-order valence-electron chi connectivity index (χ3n) is 2.65. The standard InChI is InChI=1S/C13H19N3O2/c1-4-16(9-12(17)15(2)3)13(18)10-5-7-11(14)8-6-10/h5-8H,4,9,14H2,1-3H3. The highest BCUT2D eigenvalue weighted by molar-refractivity contribution is 5.96. The monoisotopic (exact) mass is 249 g/mol. The summed E-state index contributed by atoms with van der Waals surface area (Å²) < 4.78 is 0. The lowest BCUT2D eigenvalue weighted by Gasteiger charge is -2.22. The van der Waals surface area contributed by atoms with Gasteiger partial charge in [-0.3, -0.25) is 9.59 Å². The molecule has 0 aliphatic rings. The first-order chi connectivity index (χ1) is 8.45. The predicted molar refractivity (Wildman–Crippen MR) is 71.1 cm³/mol. The van der Waals surface area contributed by atoms with Gasteiger partial charge in [-0.1, -0.05) is 0 Å². The number of amides is 2. The molecule has 2 N–H and O–H groups in total. The molecule has 0 fully saturated rings. The predicted octanol–water partition coefficient (Wildman–Crippen LogP) is 0.819. The maximum absolute atomic E-state index is 12.2. The van der Waals surface area contributed by atoms with E-state index in [0.29, 0.717) is 17.8 Å². The van der Waals surface area contributed by atoms with Gasteiger partial charge in [0.15, 0.2) is 0 Å². The molecule has 0 saturated carbocycles. The van der Waals surface area contributed by atoms with Crippen molar-refractivity contribution in [1.82, 2.24) is 9.80 Å². The molecule has 1 aromatic rings. The Morgan fingerprint density at radius 2 is 1.72 bits per heavy atom. The minimum absolute atomic E-state index is 0.0900. The van der Waals surface area contributed by atoms with Crippen molar-refractivity contribution in [3.8, 4) is 0 Å².